The van der Waals surface area contributed by atoms with Crippen LogP contribution in [0.3, 0.4) is 0 Å². The molecule has 0 N–H and O–H groups in total. The van der Waals surface area contributed by atoms with Crippen molar-refractivity contribution >= 4 is 11.5 Å². The van der Waals surface area contributed by atoms with Crippen LogP contribution in [0.15, 0.2) is 24.3 Å². The lowest BCUT2D eigenvalue weighted by Gasteiger charge is -2.01. The maximum absolute atomic E-state index is 11.6. The number of rotatable bonds is 2. The number of nitriles is 1. The van der Waals surface area contributed by atoms with E-state index in [1.54, 1.807) is 37.4 Å². The van der Waals surface area contributed by atoms with Crippen LogP contribution in [0, 0.1) is 16.5 Å². The van der Waals surface area contributed by atoms with E-state index in [4.69, 9.17) is 10.00 Å². The van der Waals surface area contributed by atoms with Gasteiger partial charge in [0.15, 0.2) is 17.6 Å². The lowest BCUT2D eigenvalue weighted by molar-refractivity contribution is -0.593. The number of ether oxygens (including phenoxy) is 1. The molecule has 16 heavy (non-hydrogen) atoms. The van der Waals surface area contributed by atoms with Crippen molar-refractivity contribution in [3.63, 3.8) is 0 Å². The molecule has 0 spiro atoms. The third kappa shape index (κ3) is 1.68. The molecule has 5 nitrogen and oxygen atoms in total. The molecule has 0 saturated carbocycles. The Morgan fingerprint density at radius 2 is 2.12 bits per heavy atom. The van der Waals surface area contributed by atoms with Gasteiger partial charge in [-0.05, 0) is 24.3 Å². The third-order valence-electron chi connectivity index (χ3n) is 2.04. The summed E-state index contributed by atoms with van der Waals surface area (Å²) < 4.78 is 9.48. The molecule has 0 bridgehead atoms. The van der Waals surface area contributed by atoms with Crippen LogP contribution in [-0.4, -0.2) is 11.5 Å². The SMILES string of the molecule is COc1ccc(-c2nsc(C#N)[n+]2[O-])cc1. The maximum atomic E-state index is 11.6. The van der Waals surface area contributed by atoms with Gasteiger partial charge in [0.2, 0.25) is 0 Å². The first kappa shape index (κ1) is 10.4. The molecule has 0 unspecified atom stereocenters. The lowest BCUT2D eigenvalue weighted by atomic mass is 10.2. The summed E-state index contributed by atoms with van der Waals surface area (Å²) in [5.74, 6) is 0.945. The molecule has 6 heteroatoms. The lowest BCUT2D eigenvalue weighted by Crippen LogP contribution is -2.29. The summed E-state index contributed by atoms with van der Waals surface area (Å²) in [5, 5.41) is 20.2. The molecule has 0 aliphatic heterocycles. The third-order valence-corrected chi connectivity index (χ3v) is 2.73. The second kappa shape index (κ2) is 4.16. The first-order valence-electron chi connectivity index (χ1n) is 4.40. The molecule has 1 heterocycles. The van der Waals surface area contributed by atoms with Gasteiger partial charge < -0.3 is 9.94 Å². The second-order valence-electron chi connectivity index (χ2n) is 2.95. The summed E-state index contributed by atoms with van der Waals surface area (Å²) in [6.07, 6.45) is 0. The summed E-state index contributed by atoms with van der Waals surface area (Å²) in [5.41, 5.74) is 0.661. The number of hydrogen-bond donors (Lipinski definition) is 0. The van der Waals surface area contributed by atoms with Gasteiger partial charge in [-0.1, -0.05) is 0 Å². The summed E-state index contributed by atoms with van der Waals surface area (Å²) in [4.78, 5) is 0. The van der Waals surface area contributed by atoms with Crippen LogP contribution in [0.25, 0.3) is 11.4 Å². The van der Waals surface area contributed by atoms with Crippen molar-refractivity contribution in [2.45, 2.75) is 0 Å². The minimum absolute atomic E-state index is 0.0332. The van der Waals surface area contributed by atoms with E-state index in [2.05, 4.69) is 4.37 Å². The van der Waals surface area contributed by atoms with Crippen LogP contribution in [0.4, 0.5) is 0 Å². The molecule has 0 aliphatic carbocycles. The van der Waals surface area contributed by atoms with E-state index in [-0.39, 0.29) is 10.8 Å². The Morgan fingerprint density at radius 1 is 1.44 bits per heavy atom. The summed E-state index contributed by atoms with van der Waals surface area (Å²) in [6.45, 7) is 0. The fourth-order valence-electron chi connectivity index (χ4n) is 1.23. The van der Waals surface area contributed by atoms with Crippen molar-refractivity contribution in [1.29, 1.82) is 5.26 Å². The molecule has 80 valence electrons. The molecule has 0 radical (unpaired) electrons. The molecule has 1 aromatic heterocycles. The standard InChI is InChI=1S/C10H7N3O2S/c1-15-8-4-2-7(3-5-8)10-12-16-9(6-11)13(10)14/h2-5H,1H3. The molecule has 0 atom stereocenters. The van der Waals surface area contributed by atoms with E-state index in [0.29, 0.717) is 16.0 Å². The summed E-state index contributed by atoms with van der Waals surface area (Å²) in [6, 6.07) is 8.71. The van der Waals surface area contributed by atoms with Crippen LogP contribution in [0.2, 0.25) is 0 Å². The Labute approximate surface area is 95.9 Å². The van der Waals surface area contributed by atoms with Gasteiger partial charge in [0, 0.05) is 4.37 Å². The van der Waals surface area contributed by atoms with Crippen LogP contribution in [0.5, 0.6) is 5.75 Å². The Morgan fingerprint density at radius 3 is 2.62 bits per heavy atom. The van der Waals surface area contributed by atoms with Gasteiger partial charge >= 0.3 is 10.8 Å². The number of hydrogen-bond acceptors (Lipinski definition) is 5. The Bertz CT molecular complexity index is 542. The Balaban J connectivity index is 2.43. The monoisotopic (exact) mass is 233 g/mol. The van der Waals surface area contributed by atoms with E-state index in [0.717, 1.165) is 11.5 Å². The van der Waals surface area contributed by atoms with Crippen LogP contribution in [0.1, 0.15) is 5.01 Å². The van der Waals surface area contributed by atoms with Gasteiger partial charge in [-0.25, -0.2) is 4.73 Å². The zero-order valence-electron chi connectivity index (χ0n) is 8.38. The van der Waals surface area contributed by atoms with E-state index < -0.39 is 0 Å². The largest absolute Gasteiger partial charge is 0.709 e. The molecule has 0 fully saturated rings. The first-order chi connectivity index (χ1) is 7.76. The minimum atomic E-state index is 0.0332. The molecule has 1 aromatic carbocycles. The first-order valence-corrected chi connectivity index (χ1v) is 5.17. The van der Waals surface area contributed by atoms with E-state index in [1.165, 1.54) is 0 Å². The van der Waals surface area contributed by atoms with Crippen LogP contribution in [-0.2, 0) is 0 Å². The van der Waals surface area contributed by atoms with Crippen molar-refractivity contribution in [3.8, 4) is 23.2 Å². The van der Waals surface area contributed by atoms with Gasteiger partial charge in [-0.3, -0.25) is 0 Å². The molecular formula is C10H7N3O2S. The Kier molecular flexibility index (Phi) is 2.70. The van der Waals surface area contributed by atoms with Gasteiger partial charge in [-0.2, -0.15) is 5.26 Å². The highest BCUT2D eigenvalue weighted by atomic mass is 32.1. The molecular weight excluding hydrogens is 226 g/mol. The van der Waals surface area contributed by atoms with Crippen molar-refractivity contribution in [1.82, 2.24) is 4.37 Å². The number of methoxy groups -OCH3 is 1. The van der Waals surface area contributed by atoms with E-state index in [9.17, 15) is 5.21 Å². The normalized spacial score (nSPS) is 9.75. The zero-order valence-corrected chi connectivity index (χ0v) is 9.19. The molecule has 0 aliphatic rings. The summed E-state index contributed by atoms with van der Waals surface area (Å²) in [7, 11) is 1.57. The van der Waals surface area contributed by atoms with E-state index in [1.807, 2.05) is 0 Å². The van der Waals surface area contributed by atoms with Crippen LogP contribution >= 0.6 is 11.5 Å². The van der Waals surface area contributed by atoms with Crippen molar-refractivity contribution in [2.24, 2.45) is 0 Å². The topological polar surface area (TPSA) is 72.8 Å². The van der Waals surface area contributed by atoms with Crippen LogP contribution < -0.4 is 9.47 Å². The summed E-state index contributed by atoms with van der Waals surface area (Å²) >= 11 is 0.889. The smallest absolute Gasteiger partial charge is 0.349 e. The average molecular weight is 233 g/mol. The number of aromatic nitrogens is 2. The zero-order chi connectivity index (χ0) is 11.5. The molecule has 2 rings (SSSR count). The second-order valence-corrected chi connectivity index (χ2v) is 3.70. The molecule has 0 amide bonds. The van der Waals surface area contributed by atoms with Crippen molar-refractivity contribution < 1.29 is 9.47 Å². The average Bonchev–Trinajstić information content (AvgIpc) is 2.70. The van der Waals surface area contributed by atoms with Gasteiger partial charge in [0.25, 0.3) is 0 Å². The highest BCUT2D eigenvalue weighted by molar-refractivity contribution is 7.05. The number of nitrogens with zero attached hydrogens (tertiary/aromatic N) is 3. The van der Waals surface area contributed by atoms with Gasteiger partial charge in [0.1, 0.15) is 5.75 Å². The van der Waals surface area contributed by atoms with Gasteiger partial charge in [-0.15, -0.1) is 0 Å². The minimum Gasteiger partial charge on any atom is -0.709 e. The van der Waals surface area contributed by atoms with Gasteiger partial charge in [0.05, 0.1) is 12.7 Å². The quantitative estimate of drug-likeness (QED) is 0.579. The maximum Gasteiger partial charge on any atom is 0.349 e. The number of benzene rings is 1. The predicted octanol–water partition coefficient (Wildman–Crippen LogP) is 1.32. The van der Waals surface area contributed by atoms with E-state index >= 15 is 0 Å². The molecule has 2 aromatic rings. The van der Waals surface area contributed by atoms with Crippen molar-refractivity contribution in [3.05, 3.63) is 34.5 Å². The fraction of sp³-hybridized carbons (Fsp3) is 0.100. The highest BCUT2D eigenvalue weighted by Crippen LogP contribution is 2.19. The predicted molar refractivity (Wildman–Crippen MR) is 57.8 cm³/mol. The fourth-order valence-corrected chi connectivity index (χ4v) is 1.79. The highest BCUT2D eigenvalue weighted by Gasteiger charge is 2.18. The van der Waals surface area contributed by atoms with Crippen molar-refractivity contribution in [2.75, 3.05) is 7.11 Å². The Hall–Kier alpha value is -2.13. The molecule has 0 saturated heterocycles.